The lowest BCUT2D eigenvalue weighted by Gasteiger charge is -2.36. The number of carbonyl (C=O) groups excluding carboxylic acids is 1. The molecule has 2 aliphatic rings. The normalized spacial score (nSPS) is 20.2. The number of fused-ring (bicyclic) bond motifs is 1. The predicted octanol–water partition coefficient (Wildman–Crippen LogP) is 3.26. The van der Waals surface area contributed by atoms with Gasteiger partial charge in [0, 0.05) is 18.5 Å². The summed E-state index contributed by atoms with van der Waals surface area (Å²) in [6, 6.07) is 5.67. The van der Waals surface area contributed by atoms with Crippen LogP contribution in [0.4, 0.5) is 11.4 Å². The number of rotatable bonds is 1. The Kier molecular flexibility index (Phi) is 3.55. The first-order valence-corrected chi connectivity index (χ1v) is 7.43. The van der Waals surface area contributed by atoms with Crippen LogP contribution in [0, 0.1) is 5.41 Å². The molecule has 0 aromatic heterocycles. The van der Waals surface area contributed by atoms with Crippen LogP contribution in [0.25, 0.3) is 0 Å². The molecule has 1 aromatic rings. The third-order valence-electron chi connectivity index (χ3n) is 4.66. The fraction of sp³-hybridized carbons (Fsp3) is 0.562. The minimum atomic E-state index is -0.286. The fourth-order valence-corrected chi connectivity index (χ4v) is 3.37. The zero-order valence-corrected chi connectivity index (χ0v) is 12.0. The Morgan fingerprint density at radius 2 is 1.80 bits per heavy atom. The maximum absolute atomic E-state index is 11.6. The topological polar surface area (TPSA) is 50.4 Å². The van der Waals surface area contributed by atoms with Gasteiger partial charge < -0.3 is 15.4 Å². The maximum Gasteiger partial charge on any atom is 0.337 e. The summed E-state index contributed by atoms with van der Waals surface area (Å²) in [5.41, 5.74) is 3.05. The summed E-state index contributed by atoms with van der Waals surface area (Å²) in [5, 5.41) is 7.09. The van der Waals surface area contributed by atoms with E-state index in [0.717, 1.165) is 24.5 Å². The number of anilines is 2. The van der Waals surface area contributed by atoms with Crippen molar-refractivity contribution in [3.63, 3.8) is 0 Å². The van der Waals surface area contributed by atoms with E-state index in [1.807, 2.05) is 18.2 Å². The minimum Gasteiger partial charge on any atom is -0.465 e. The second-order valence-corrected chi connectivity index (χ2v) is 6.02. The number of nitrogens with one attached hydrogen (secondary N) is 2. The van der Waals surface area contributed by atoms with E-state index in [4.69, 9.17) is 4.74 Å². The van der Waals surface area contributed by atoms with Gasteiger partial charge in [-0.05, 0) is 31.0 Å². The van der Waals surface area contributed by atoms with E-state index in [1.54, 1.807) is 0 Å². The van der Waals surface area contributed by atoms with Gasteiger partial charge in [0.05, 0.1) is 24.0 Å². The summed E-state index contributed by atoms with van der Waals surface area (Å²) >= 11 is 0. The quantitative estimate of drug-likeness (QED) is 0.772. The lowest BCUT2D eigenvalue weighted by molar-refractivity contribution is 0.0601. The molecule has 0 radical (unpaired) electrons. The SMILES string of the molecule is COC(=O)c1ccc2c(c1)NCC1(CCCCC1)CN2. The molecule has 1 aliphatic carbocycles. The van der Waals surface area contributed by atoms with Crippen LogP contribution in [0.15, 0.2) is 18.2 Å². The molecule has 1 aliphatic heterocycles. The number of benzene rings is 1. The first-order valence-electron chi connectivity index (χ1n) is 7.43. The van der Waals surface area contributed by atoms with Crippen molar-refractivity contribution in [1.82, 2.24) is 0 Å². The molecule has 3 rings (SSSR count). The average molecular weight is 274 g/mol. The third-order valence-corrected chi connectivity index (χ3v) is 4.66. The van der Waals surface area contributed by atoms with E-state index in [0.29, 0.717) is 11.0 Å². The van der Waals surface area contributed by atoms with Gasteiger partial charge in [0.2, 0.25) is 0 Å². The van der Waals surface area contributed by atoms with Crippen molar-refractivity contribution in [2.75, 3.05) is 30.8 Å². The van der Waals surface area contributed by atoms with Crippen molar-refractivity contribution in [3.8, 4) is 0 Å². The second-order valence-electron chi connectivity index (χ2n) is 6.02. The standard InChI is InChI=1S/C16H22N2O2/c1-20-15(19)12-5-6-13-14(9-12)18-11-16(10-17-13)7-3-2-4-8-16/h5-6,9,17-18H,2-4,7-8,10-11H2,1H3. The molecular weight excluding hydrogens is 252 g/mol. The zero-order valence-electron chi connectivity index (χ0n) is 12.0. The van der Waals surface area contributed by atoms with Gasteiger partial charge in [0.25, 0.3) is 0 Å². The molecule has 1 saturated carbocycles. The van der Waals surface area contributed by atoms with Crippen LogP contribution in [-0.4, -0.2) is 26.2 Å². The fourth-order valence-electron chi connectivity index (χ4n) is 3.37. The van der Waals surface area contributed by atoms with Gasteiger partial charge in [-0.1, -0.05) is 19.3 Å². The molecule has 108 valence electrons. The van der Waals surface area contributed by atoms with Crippen molar-refractivity contribution < 1.29 is 9.53 Å². The predicted molar refractivity (Wildman–Crippen MR) is 80.3 cm³/mol. The number of methoxy groups -OCH3 is 1. The Morgan fingerprint density at radius 1 is 1.10 bits per heavy atom. The number of ether oxygens (including phenoxy) is 1. The van der Waals surface area contributed by atoms with Gasteiger partial charge in [-0.3, -0.25) is 0 Å². The van der Waals surface area contributed by atoms with E-state index < -0.39 is 0 Å². The van der Waals surface area contributed by atoms with Crippen molar-refractivity contribution in [2.45, 2.75) is 32.1 Å². The molecule has 4 nitrogen and oxygen atoms in total. The van der Waals surface area contributed by atoms with Crippen LogP contribution in [0.1, 0.15) is 42.5 Å². The molecule has 4 heteroatoms. The first-order chi connectivity index (χ1) is 9.72. The van der Waals surface area contributed by atoms with Gasteiger partial charge in [0.15, 0.2) is 0 Å². The number of hydrogen-bond acceptors (Lipinski definition) is 4. The van der Waals surface area contributed by atoms with Crippen molar-refractivity contribution in [1.29, 1.82) is 0 Å². The molecule has 0 bridgehead atoms. The number of carbonyl (C=O) groups is 1. The Balaban J connectivity index is 1.81. The molecule has 20 heavy (non-hydrogen) atoms. The monoisotopic (exact) mass is 274 g/mol. The summed E-state index contributed by atoms with van der Waals surface area (Å²) in [6.45, 7) is 2.00. The summed E-state index contributed by atoms with van der Waals surface area (Å²) < 4.78 is 4.78. The second kappa shape index (κ2) is 5.35. The number of hydrogen-bond donors (Lipinski definition) is 2. The molecule has 1 spiro atoms. The molecule has 0 saturated heterocycles. The van der Waals surface area contributed by atoms with Crippen LogP contribution in [-0.2, 0) is 4.74 Å². The van der Waals surface area contributed by atoms with E-state index in [2.05, 4.69) is 10.6 Å². The lowest BCUT2D eigenvalue weighted by atomic mass is 9.74. The van der Waals surface area contributed by atoms with Gasteiger partial charge in [-0.25, -0.2) is 4.79 Å². The van der Waals surface area contributed by atoms with E-state index in [9.17, 15) is 4.79 Å². The smallest absolute Gasteiger partial charge is 0.337 e. The van der Waals surface area contributed by atoms with Crippen LogP contribution in [0.5, 0.6) is 0 Å². The van der Waals surface area contributed by atoms with Crippen LogP contribution >= 0.6 is 0 Å². The molecule has 1 fully saturated rings. The largest absolute Gasteiger partial charge is 0.465 e. The zero-order chi connectivity index (χ0) is 14.0. The Morgan fingerprint density at radius 3 is 2.50 bits per heavy atom. The Labute approximate surface area is 119 Å². The van der Waals surface area contributed by atoms with Crippen molar-refractivity contribution in [2.24, 2.45) is 5.41 Å². The molecular formula is C16H22N2O2. The summed E-state index contributed by atoms with van der Waals surface area (Å²) in [6.07, 6.45) is 6.58. The van der Waals surface area contributed by atoms with E-state index in [-0.39, 0.29) is 5.97 Å². The van der Waals surface area contributed by atoms with E-state index >= 15 is 0 Å². The molecule has 2 N–H and O–H groups in total. The highest BCUT2D eigenvalue weighted by atomic mass is 16.5. The highest BCUT2D eigenvalue weighted by Crippen LogP contribution is 2.39. The minimum absolute atomic E-state index is 0.286. The van der Waals surface area contributed by atoms with Crippen molar-refractivity contribution in [3.05, 3.63) is 23.8 Å². The van der Waals surface area contributed by atoms with Gasteiger partial charge in [0.1, 0.15) is 0 Å². The van der Waals surface area contributed by atoms with Crippen molar-refractivity contribution >= 4 is 17.3 Å². The Bertz CT molecular complexity index is 507. The lowest BCUT2D eigenvalue weighted by Crippen LogP contribution is -2.36. The summed E-state index contributed by atoms with van der Waals surface area (Å²) in [5.74, 6) is -0.286. The maximum atomic E-state index is 11.6. The highest BCUT2D eigenvalue weighted by molar-refractivity contribution is 5.92. The average Bonchev–Trinajstić information content (AvgIpc) is 2.67. The van der Waals surface area contributed by atoms with Crippen LogP contribution in [0.2, 0.25) is 0 Å². The Hall–Kier alpha value is -1.71. The molecule has 1 heterocycles. The first kappa shape index (κ1) is 13.3. The van der Waals surface area contributed by atoms with Gasteiger partial charge in [-0.15, -0.1) is 0 Å². The van der Waals surface area contributed by atoms with Crippen LogP contribution in [0.3, 0.4) is 0 Å². The van der Waals surface area contributed by atoms with E-state index in [1.165, 1.54) is 39.2 Å². The molecule has 0 unspecified atom stereocenters. The summed E-state index contributed by atoms with van der Waals surface area (Å²) in [4.78, 5) is 11.6. The van der Waals surface area contributed by atoms with Crippen LogP contribution < -0.4 is 10.6 Å². The third kappa shape index (κ3) is 2.47. The number of esters is 1. The highest BCUT2D eigenvalue weighted by Gasteiger charge is 2.33. The molecule has 0 atom stereocenters. The molecule has 0 amide bonds. The van der Waals surface area contributed by atoms with Gasteiger partial charge >= 0.3 is 5.97 Å². The molecule has 1 aromatic carbocycles. The van der Waals surface area contributed by atoms with Gasteiger partial charge in [-0.2, -0.15) is 0 Å². The summed E-state index contributed by atoms with van der Waals surface area (Å²) in [7, 11) is 1.41.